The van der Waals surface area contributed by atoms with Crippen LogP contribution in [0.1, 0.15) is 31.2 Å². The van der Waals surface area contributed by atoms with Gasteiger partial charge in [0.2, 0.25) is 5.91 Å². The molecule has 26 heavy (non-hydrogen) atoms. The molecule has 4 rings (SSSR count). The van der Waals surface area contributed by atoms with E-state index in [-0.39, 0.29) is 5.91 Å². The van der Waals surface area contributed by atoms with Crippen LogP contribution in [0.4, 0.5) is 0 Å². The number of nitrogens with zero attached hydrogens (tertiary/aromatic N) is 2. The molecule has 1 aliphatic carbocycles. The Morgan fingerprint density at radius 3 is 2.08 bits per heavy atom. The number of amides is 1. The molecular formula is C23H28N2O. The summed E-state index contributed by atoms with van der Waals surface area (Å²) in [5, 5.41) is 0. The van der Waals surface area contributed by atoms with E-state index in [1.807, 2.05) is 6.07 Å². The summed E-state index contributed by atoms with van der Waals surface area (Å²) in [5.74, 6) is 0.267. The second-order valence-corrected chi connectivity index (χ2v) is 7.59. The van der Waals surface area contributed by atoms with Crippen molar-refractivity contribution in [1.29, 1.82) is 0 Å². The van der Waals surface area contributed by atoms with Crippen molar-refractivity contribution in [2.45, 2.75) is 38.1 Å². The van der Waals surface area contributed by atoms with Crippen molar-refractivity contribution in [2.24, 2.45) is 0 Å². The van der Waals surface area contributed by atoms with Crippen LogP contribution in [-0.4, -0.2) is 47.9 Å². The number of piperazine rings is 1. The van der Waals surface area contributed by atoms with Gasteiger partial charge < -0.3 is 4.90 Å². The van der Waals surface area contributed by atoms with Gasteiger partial charge in [0.25, 0.3) is 0 Å². The number of hydrogen-bond acceptors (Lipinski definition) is 2. The molecule has 2 aliphatic rings. The molecule has 2 aromatic carbocycles. The van der Waals surface area contributed by atoms with Crippen molar-refractivity contribution in [3.63, 3.8) is 0 Å². The van der Waals surface area contributed by atoms with Gasteiger partial charge in [-0.3, -0.25) is 9.69 Å². The van der Waals surface area contributed by atoms with Gasteiger partial charge >= 0.3 is 0 Å². The van der Waals surface area contributed by atoms with Gasteiger partial charge in [-0.1, -0.05) is 67.4 Å². The van der Waals surface area contributed by atoms with Gasteiger partial charge in [0.15, 0.2) is 0 Å². The number of rotatable bonds is 4. The molecule has 2 aromatic rings. The Labute approximate surface area is 156 Å². The zero-order valence-electron chi connectivity index (χ0n) is 15.4. The highest BCUT2D eigenvalue weighted by Crippen LogP contribution is 2.24. The topological polar surface area (TPSA) is 23.6 Å². The molecular weight excluding hydrogens is 320 g/mol. The number of hydrogen-bond donors (Lipinski definition) is 0. The maximum Gasteiger partial charge on any atom is 0.227 e. The van der Waals surface area contributed by atoms with Crippen LogP contribution in [0.25, 0.3) is 11.1 Å². The zero-order valence-corrected chi connectivity index (χ0v) is 15.4. The van der Waals surface area contributed by atoms with Gasteiger partial charge in [-0.15, -0.1) is 0 Å². The summed E-state index contributed by atoms with van der Waals surface area (Å²) in [6, 6.07) is 19.6. The molecule has 0 bridgehead atoms. The van der Waals surface area contributed by atoms with Crippen LogP contribution >= 0.6 is 0 Å². The fourth-order valence-electron chi connectivity index (χ4n) is 4.34. The van der Waals surface area contributed by atoms with Gasteiger partial charge in [-0.25, -0.2) is 0 Å². The van der Waals surface area contributed by atoms with E-state index in [2.05, 4.69) is 58.3 Å². The molecule has 0 unspecified atom stereocenters. The van der Waals surface area contributed by atoms with Crippen LogP contribution in [0.2, 0.25) is 0 Å². The predicted molar refractivity (Wildman–Crippen MR) is 106 cm³/mol. The number of carbonyl (C=O) groups is 1. The summed E-state index contributed by atoms with van der Waals surface area (Å²) < 4.78 is 0. The lowest BCUT2D eigenvalue weighted by Gasteiger charge is -2.38. The quantitative estimate of drug-likeness (QED) is 0.834. The molecule has 1 heterocycles. The SMILES string of the molecule is O=C(Cc1ccc(-c2ccccc2)cc1)N1CCN(C2CCCC2)CC1. The minimum Gasteiger partial charge on any atom is -0.340 e. The summed E-state index contributed by atoms with van der Waals surface area (Å²) in [6.45, 7) is 3.86. The first-order valence-corrected chi connectivity index (χ1v) is 9.96. The van der Waals surface area contributed by atoms with Gasteiger partial charge in [0.05, 0.1) is 6.42 Å². The van der Waals surface area contributed by atoms with Gasteiger partial charge in [-0.2, -0.15) is 0 Å². The molecule has 2 fully saturated rings. The van der Waals surface area contributed by atoms with Crippen molar-refractivity contribution in [2.75, 3.05) is 26.2 Å². The minimum atomic E-state index is 0.267. The van der Waals surface area contributed by atoms with E-state index in [0.717, 1.165) is 37.8 Å². The maximum atomic E-state index is 12.7. The first-order valence-electron chi connectivity index (χ1n) is 9.96. The fraction of sp³-hybridized carbons (Fsp3) is 0.435. The van der Waals surface area contributed by atoms with E-state index in [1.165, 1.54) is 36.8 Å². The first-order chi connectivity index (χ1) is 12.8. The average molecular weight is 348 g/mol. The summed E-state index contributed by atoms with van der Waals surface area (Å²) in [6.07, 6.45) is 5.97. The van der Waals surface area contributed by atoms with E-state index < -0.39 is 0 Å². The molecule has 0 radical (unpaired) electrons. The Morgan fingerprint density at radius 1 is 0.808 bits per heavy atom. The van der Waals surface area contributed by atoms with Crippen LogP contribution in [0.5, 0.6) is 0 Å². The molecule has 0 aromatic heterocycles. The molecule has 1 saturated heterocycles. The lowest BCUT2D eigenvalue weighted by molar-refractivity contribution is -0.132. The van der Waals surface area contributed by atoms with E-state index >= 15 is 0 Å². The van der Waals surface area contributed by atoms with Crippen LogP contribution < -0.4 is 0 Å². The molecule has 0 spiro atoms. The number of benzene rings is 2. The molecule has 1 saturated carbocycles. The molecule has 3 nitrogen and oxygen atoms in total. The summed E-state index contributed by atoms with van der Waals surface area (Å²) >= 11 is 0. The lowest BCUT2D eigenvalue weighted by Crippen LogP contribution is -2.51. The average Bonchev–Trinajstić information content (AvgIpc) is 3.24. The second kappa shape index (κ2) is 8.05. The molecule has 3 heteroatoms. The van der Waals surface area contributed by atoms with Crippen molar-refractivity contribution < 1.29 is 4.79 Å². The van der Waals surface area contributed by atoms with Crippen LogP contribution in [0, 0.1) is 0 Å². The van der Waals surface area contributed by atoms with Crippen LogP contribution in [-0.2, 0) is 11.2 Å². The standard InChI is InChI=1S/C23H28N2O/c26-23(25-16-14-24(15-17-25)22-8-4-5-9-22)18-19-10-12-21(13-11-19)20-6-2-1-3-7-20/h1-3,6-7,10-13,22H,4-5,8-9,14-18H2. The Kier molecular flexibility index (Phi) is 5.35. The third kappa shape index (κ3) is 3.99. The Balaban J connectivity index is 1.31. The fourth-order valence-corrected chi connectivity index (χ4v) is 4.34. The van der Waals surface area contributed by atoms with E-state index in [1.54, 1.807) is 0 Å². The van der Waals surface area contributed by atoms with Gasteiger partial charge in [0.1, 0.15) is 0 Å². The van der Waals surface area contributed by atoms with Crippen molar-refractivity contribution in [1.82, 2.24) is 9.80 Å². The summed E-state index contributed by atoms with van der Waals surface area (Å²) in [5.41, 5.74) is 3.52. The third-order valence-electron chi connectivity index (χ3n) is 5.92. The Hall–Kier alpha value is -2.13. The highest BCUT2D eigenvalue weighted by molar-refractivity contribution is 5.79. The van der Waals surface area contributed by atoms with Crippen molar-refractivity contribution >= 4 is 5.91 Å². The normalized spacial score (nSPS) is 19.0. The third-order valence-corrected chi connectivity index (χ3v) is 5.92. The Bertz CT molecular complexity index is 712. The van der Waals surface area contributed by atoms with Crippen LogP contribution in [0.3, 0.4) is 0 Å². The van der Waals surface area contributed by atoms with Crippen molar-refractivity contribution in [3.8, 4) is 11.1 Å². The molecule has 1 aliphatic heterocycles. The van der Waals surface area contributed by atoms with Crippen LogP contribution in [0.15, 0.2) is 54.6 Å². The minimum absolute atomic E-state index is 0.267. The maximum absolute atomic E-state index is 12.7. The highest BCUT2D eigenvalue weighted by Gasteiger charge is 2.27. The highest BCUT2D eigenvalue weighted by atomic mass is 16.2. The largest absolute Gasteiger partial charge is 0.340 e. The van der Waals surface area contributed by atoms with E-state index in [9.17, 15) is 4.79 Å². The first kappa shape index (κ1) is 17.3. The van der Waals surface area contributed by atoms with E-state index in [0.29, 0.717) is 6.42 Å². The smallest absolute Gasteiger partial charge is 0.227 e. The van der Waals surface area contributed by atoms with E-state index in [4.69, 9.17) is 0 Å². The lowest BCUT2D eigenvalue weighted by atomic mass is 10.0. The molecule has 136 valence electrons. The molecule has 1 amide bonds. The Morgan fingerprint density at radius 2 is 1.42 bits per heavy atom. The van der Waals surface area contributed by atoms with Gasteiger partial charge in [-0.05, 0) is 29.5 Å². The number of carbonyl (C=O) groups excluding carboxylic acids is 1. The summed E-state index contributed by atoms with van der Waals surface area (Å²) in [7, 11) is 0. The second-order valence-electron chi connectivity index (χ2n) is 7.59. The predicted octanol–water partition coefficient (Wildman–Crippen LogP) is 3.98. The molecule has 0 N–H and O–H groups in total. The van der Waals surface area contributed by atoms with Gasteiger partial charge in [0, 0.05) is 32.2 Å². The summed E-state index contributed by atoms with van der Waals surface area (Å²) in [4.78, 5) is 17.3. The van der Waals surface area contributed by atoms with Crippen molar-refractivity contribution in [3.05, 3.63) is 60.2 Å². The zero-order chi connectivity index (χ0) is 17.8. The molecule has 0 atom stereocenters. The monoisotopic (exact) mass is 348 g/mol.